The first-order chi connectivity index (χ1) is 9.97. The van der Waals surface area contributed by atoms with Crippen LogP contribution in [-0.2, 0) is 0 Å². The molecule has 10 heteroatoms. The van der Waals surface area contributed by atoms with Gasteiger partial charge in [-0.1, -0.05) is 0 Å². The van der Waals surface area contributed by atoms with Crippen LogP contribution in [0.5, 0.6) is 0 Å². The van der Waals surface area contributed by atoms with Gasteiger partial charge in [0.15, 0.2) is 15.9 Å². The number of hydrogen-bond acceptors (Lipinski definition) is 6. The maximum Gasteiger partial charge on any atom is 0.280 e. The average molecular weight is 305 g/mol. The summed E-state index contributed by atoms with van der Waals surface area (Å²) in [6.45, 7) is 0. The fourth-order valence-corrected chi connectivity index (χ4v) is 2.09. The molecule has 0 bridgehead atoms. The Labute approximate surface area is 122 Å². The van der Waals surface area contributed by atoms with Gasteiger partial charge in [0.05, 0.1) is 0 Å². The highest BCUT2D eigenvalue weighted by Crippen LogP contribution is 2.09. The summed E-state index contributed by atoms with van der Waals surface area (Å²) in [5.74, 6) is 0.394. The third-order valence-corrected chi connectivity index (χ3v) is 3.13. The predicted octanol–water partition coefficient (Wildman–Crippen LogP) is -0.284. The molecule has 0 aliphatic rings. The van der Waals surface area contributed by atoms with Crippen molar-refractivity contribution in [3.8, 4) is 0 Å². The van der Waals surface area contributed by atoms with E-state index in [2.05, 4.69) is 19.9 Å². The Balaban J connectivity index is 2.36. The van der Waals surface area contributed by atoms with Crippen molar-refractivity contribution >= 4 is 29.3 Å². The van der Waals surface area contributed by atoms with Crippen LogP contribution in [0.3, 0.4) is 0 Å². The van der Waals surface area contributed by atoms with Crippen molar-refractivity contribution < 1.29 is 0 Å². The van der Waals surface area contributed by atoms with Crippen LogP contribution in [0.1, 0.15) is 0 Å². The van der Waals surface area contributed by atoms with Crippen LogP contribution in [0.25, 0.3) is 11.2 Å². The molecular formula is C11H11N7O2S. The lowest BCUT2D eigenvalue weighted by Gasteiger charge is -2.11. The monoisotopic (exact) mass is 305 g/mol. The topological polar surface area (TPSA) is 105 Å². The average Bonchev–Trinajstić information content (AvgIpc) is 2.83. The molecule has 0 radical (unpaired) electrons. The number of fused-ring (bicyclic) bond motifs is 1. The van der Waals surface area contributed by atoms with Crippen LogP contribution in [0.15, 0.2) is 28.2 Å². The molecule has 0 aromatic carbocycles. The molecule has 3 aromatic heterocycles. The Bertz CT molecular complexity index is 994. The molecule has 0 amide bonds. The first-order valence-electron chi connectivity index (χ1n) is 5.95. The highest BCUT2D eigenvalue weighted by Gasteiger charge is 2.12. The molecule has 0 saturated heterocycles. The number of imidazole rings is 1. The molecule has 9 nitrogen and oxygen atoms in total. The van der Waals surface area contributed by atoms with E-state index in [1.807, 2.05) is 0 Å². The van der Waals surface area contributed by atoms with Gasteiger partial charge in [-0.05, 0) is 12.2 Å². The lowest BCUT2D eigenvalue weighted by atomic mass is 10.5. The second kappa shape index (κ2) is 4.66. The normalized spacial score (nSPS) is 11.0. The molecule has 21 heavy (non-hydrogen) atoms. The van der Waals surface area contributed by atoms with Gasteiger partial charge in [0, 0.05) is 26.4 Å². The predicted molar refractivity (Wildman–Crippen MR) is 79.2 cm³/mol. The maximum absolute atomic E-state index is 12.0. The summed E-state index contributed by atoms with van der Waals surface area (Å²) in [7, 11) is 3.52. The van der Waals surface area contributed by atoms with Crippen molar-refractivity contribution in [1.29, 1.82) is 0 Å². The molecule has 0 unspecified atom stereocenters. The largest absolute Gasteiger partial charge is 0.348 e. The molecule has 3 heterocycles. The third kappa shape index (κ3) is 2.14. The molecule has 0 saturated carbocycles. The van der Waals surface area contributed by atoms with Gasteiger partial charge in [-0.25, -0.2) is 14.3 Å². The van der Waals surface area contributed by atoms with Gasteiger partial charge in [-0.3, -0.25) is 19.6 Å². The van der Waals surface area contributed by atoms with Gasteiger partial charge < -0.3 is 4.90 Å². The fraction of sp³-hybridized carbons (Fsp3) is 0.182. The van der Waals surface area contributed by atoms with Crippen LogP contribution in [0.4, 0.5) is 5.95 Å². The highest BCUT2D eigenvalue weighted by molar-refractivity contribution is 7.71. The number of rotatable bonds is 2. The smallest absolute Gasteiger partial charge is 0.280 e. The quantitative estimate of drug-likeness (QED) is 0.631. The Morgan fingerprint density at radius 2 is 2.00 bits per heavy atom. The molecule has 0 fully saturated rings. The molecule has 0 aliphatic carbocycles. The summed E-state index contributed by atoms with van der Waals surface area (Å²) < 4.78 is 3.14. The van der Waals surface area contributed by atoms with Crippen molar-refractivity contribution in [3.05, 3.63) is 44.1 Å². The Kier molecular flexibility index (Phi) is 2.94. The molecular weight excluding hydrogens is 294 g/mol. The molecule has 3 aromatic rings. The standard InChI is InChI=1S/C11H11N7O2S/c1-16(2)10-14-8-7(9(20)15-10)12-5-18(8)17-4-3-6(19)13-11(17)21/h3-5H,1-2H3,(H,13,19,21)(H,14,15,20). The zero-order valence-electron chi connectivity index (χ0n) is 11.2. The number of aromatic nitrogens is 6. The summed E-state index contributed by atoms with van der Waals surface area (Å²) in [4.78, 5) is 38.4. The lowest BCUT2D eigenvalue weighted by molar-refractivity contribution is 0.637. The van der Waals surface area contributed by atoms with Crippen LogP contribution < -0.4 is 16.0 Å². The van der Waals surface area contributed by atoms with Gasteiger partial charge in [-0.2, -0.15) is 4.98 Å². The molecule has 0 atom stereocenters. The lowest BCUT2D eigenvalue weighted by Crippen LogP contribution is -2.21. The Morgan fingerprint density at radius 3 is 2.67 bits per heavy atom. The number of anilines is 1. The Hall–Kier alpha value is -2.75. The summed E-state index contributed by atoms with van der Waals surface area (Å²) in [6, 6.07) is 1.32. The van der Waals surface area contributed by atoms with E-state index in [-0.39, 0.29) is 21.4 Å². The van der Waals surface area contributed by atoms with Gasteiger partial charge >= 0.3 is 0 Å². The summed E-state index contributed by atoms with van der Waals surface area (Å²) in [6.07, 6.45) is 2.90. The van der Waals surface area contributed by atoms with Crippen molar-refractivity contribution in [2.24, 2.45) is 0 Å². The van der Waals surface area contributed by atoms with E-state index in [9.17, 15) is 9.59 Å². The van der Waals surface area contributed by atoms with E-state index in [1.54, 1.807) is 19.0 Å². The van der Waals surface area contributed by atoms with Crippen molar-refractivity contribution in [3.63, 3.8) is 0 Å². The van der Waals surface area contributed by atoms with Crippen LogP contribution in [0, 0.1) is 4.77 Å². The molecule has 108 valence electrons. The SMILES string of the molecule is CN(C)c1nc2c(ncn2-n2ccc(=O)[nH]c2=S)c(=O)[nH]1. The van der Waals surface area contributed by atoms with Crippen LogP contribution >= 0.6 is 12.2 Å². The molecule has 0 aliphatic heterocycles. The van der Waals surface area contributed by atoms with Gasteiger partial charge in [-0.15, -0.1) is 0 Å². The first kappa shape index (κ1) is 13.2. The number of nitrogens with one attached hydrogen (secondary N) is 2. The second-order valence-corrected chi connectivity index (χ2v) is 4.89. The maximum atomic E-state index is 12.0. The van der Waals surface area contributed by atoms with Gasteiger partial charge in [0.2, 0.25) is 5.95 Å². The zero-order chi connectivity index (χ0) is 15.1. The molecule has 3 rings (SSSR count). The van der Waals surface area contributed by atoms with E-state index in [1.165, 1.54) is 27.9 Å². The van der Waals surface area contributed by atoms with E-state index < -0.39 is 0 Å². The fourth-order valence-electron chi connectivity index (χ4n) is 1.84. The number of hydrogen-bond donors (Lipinski definition) is 2. The molecule has 0 spiro atoms. The zero-order valence-corrected chi connectivity index (χ0v) is 12.0. The number of nitrogens with zero attached hydrogens (tertiary/aromatic N) is 5. The van der Waals surface area contributed by atoms with E-state index in [4.69, 9.17) is 12.2 Å². The summed E-state index contributed by atoms with van der Waals surface area (Å²) >= 11 is 5.10. The Morgan fingerprint density at radius 1 is 1.24 bits per heavy atom. The minimum Gasteiger partial charge on any atom is -0.348 e. The third-order valence-electron chi connectivity index (χ3n) is 2.84. The van der Waals surface area contributed by atoms with Gasteiger partial charge in [0.25, 0.3) is 11.1 Å². The minimum absolute atomic E-state index is 0.176. The number of H-pyrrole nitrogens is 2. The van der Waals surface area contributed by atoms with Crippen molar-refractivity contribution in [2.75, 3.05) is 19.0 Å². The van der Waals surface area contributed by atoms with E-state index >= 15 is 0 Å². The first-order valence-corrected chi connectivity index (χ1v) is 6.35. The highest BCUT2D eigenvalue weighted by atomic mass is 32.1. The summed E-state index contributed by atoms with van der Waals surface area (Å²) in [5, 5.41) is 0. The van der Waals surface area contributed by atoms with Crippen LogP contribution in [0.2, 0.25) is 0 Å². The second-order valence-electron chi connectivity index (χ2n) is 4.50. The van der Waals surface area contributed by atoms with E-state index in [0.717, 1.165) is 0 Å². The number of aromatic amines is 2. The van der Waals surface area contributed by atoms with Crippen molar-refractivity contribution in [2.45, 2.75) is 0 Å². The van der Waals surface area contributed by atoms with Crippen LogP contribution in [-0.4, -0.2) is 43.4 Å². The van der Waals surface area contributed by atoms with Gasteiger partial charge in [0.1, 0.15) is 6.33 Å². The summed E-state index contributed by atoms with van der Waals surface area (Å²) in [5.41, 5.74) is -0.127. The minimum atomic E-state index is -0.349. The van der Waals surface area contributed by atoms with Crippen molar-refractivity contribution in [1.82, 2.24) is 29.3 Å². The van der Waals surface area contributed by atoms with E-state index in [0.29, 0.717) is 11.6 Å². The molecule has 2 N–H and O–H groups in total.